The highest BCUT2D eigenvalue weighted by molar-refractivity contribution is 5.95. The van der Waals surface area contributed by atoms with E-state index in [9.17, 15) is 14.3 Å². The highest BCUT2D eigenvalue weighted by atomic mass is 19.1. The van der Waals surface area contributed by atoms with Crippen molar-refractivity contribution < 1.29 is 19.0 Å². The minimum atomic E-state index is -0.723. The molecular weight excluding hydrogens is 333 g/mol. The molecule has 1 saturated heterocycles. The molecule has 2 aromatic carbocycles. The zero-order valence-electron chi connectivity index (χ0n) is 15.1. The zero-order valence-corrected chi connectivity index (χ0v) is 15.1. The zero-order chi connectivity index (χ0) is 18.7. The first kappa shape index (κ1) is 18.4. The van der Waals surface area contributed by atoms with E-state index in [-0.39, 0.29) is 17.8 Å². The molecule has 26 heavy (non-hydrogen) atoms. The highest BCUT2D eigenvalue weighted by Crippen LogP contribution is 2.21. The molecule has 2 aromatic rings. The number of amides is 1. The van der Waals surface area contributed by atoms with Crippen molar-refractivity contribution in [3.63, 3.8) is 0 Å². The summed E-state index contributed by atoms with van der Waals surface area (Å²) in [5.41, 5.74) is 0.951. The van der Waals surface area contributed by atoms with Gasteiger partial charge in [-0.05, 0) is 56.5 Å². The Morgan fingerprint density at radius 3 is 2.65 bits per heavy atom. The monoisotopic (exact) mass is 357 g/mol. The van der Waals surface area contributed by atoms with Crippen molar-refractivity contribution in [3.8, 4) is 5.75 Å². The molecule has 0 radical (unpaired) electrons. The van der Waals surface area contributed by atoms with Gasteiger partial charge in [0.2, 0.25) is 0 Å². The molecule has 0 spiro atoms. The number of hydrogen-bond donors (Lipinski definition) is 1. The maximum atomic E-state index is 13.2. The normalized spacial score (nSPS) is 14.8. The summed E-state index contributed by atoms with van der Waals surface area (Å²) in [5.74, 6) is 0.113. The van der Waals surface area contributed by atoms with E-state index in [1.54, 1.807) is 36.9 Å². The molecule has 138 valence electrons. The van der Waals surface area contributed by atoms with Crippen LogP contribution in [0.25, 0.3) is 0 Å². The van der Waals surface area contributed by atoms with Crippen LogP contribution in [0, 0.1) is 5.82 Å². The van der Waals surface area contributed by atoms with Crippen LogP contribution in [0.4, 0.5) is 4.39 Å². The Hall–Kier alpha value is -2.40. The number of hydrogen-bond acceptors (Lipinski definition) is 3. The van der Waals surface area contributed by atoms with Crippen molar-refractivity contribution in [2.75, 3.05) is 13.1 Å². The van der Waals surface area contributed by atoms with Crippen molar-refractivity contribution in [2.45, 2.75) is 38.4 Å². The minimum Gasteiger partial charge on any atom is -0.487 e. The fourth-order valence-corrected chi connectivity index (χ4v) is 2.90. The predicted octanol–water partition coefficient (Wildman–Crippen LogP) is 3.43. The molecule has 1 fully saturated rings. The van der Waals surface area contributed by atoms with Gasteiger partial charge in [-0.15, -0.1) is 0 Å². The number of rotatable bonds is 6. The van der Waals surface area contributed by atoms with E-state index in [0.29, 0.717) is 30.8 Å². The van der Waals surface area contributed by atoms with Crippen LogP contribution in [0.15, 0.2) is 48.5 Å². The standard InChI is InChI=1S/C21H24FNO3/c1-21(2,25)10-9-15-5-3-6-16(11-15)20(24)23-13-19(14-23)26-18-8-4-7-17(22)12-18/h3-8,11-12,19,25H,9-10,13-14H2,1-2H3. The van der Waals surface area contributed by atoms with Crippen LogP contribution >= 0.6 is 0 Å². The number of likely N-dealkylation sites (tertiary alicyclic amines) is 1. The van der Waals surface area contributed by atoms with Gasteiger partial charge in [-0.3, -0.25) is 4.79 Å². The van der Waals surface area contributed by atoms with Gasteiger partial charge in [-0.25, -0.2) is 4.39 Å². The van der Waals surface area contributed by atoms with Gasteiger partial charge in [0.05, 0.1) is 18.7 Å². The van der Waals surface area contributed by atoms with Crippen molar-refractivity contribution >= 4 is 5.91 Å². The number of benzene rings is 2. The lowest BCUT2D eigenvalue weighted by atomic mass is 9.97. The molecule has 1 N–H and O–H groups in total. The highest BCUT2D eigenvalue weighted by Gasteiger charge is 2.33. The van der Waals surface area contributed by atoms with E-state index in [1.807, 2.05) is 18.2 Å². The Kier molecular flexibility index (Phi) is 5.28. The van der Waals surface area contributed by atoms with Gasteiger partial charge >= 0.3 is 0 Å². The van der Waals surface area contributed by atoms with Gasteiger partial charge in [0, 0.05) is 11.6 Å². The lowest BCUT2D eigenvalue weighted by Crippen LogP contribution is -2.56. The molecule has 4 nitrogen and oxygen atoms in total. The van der Waals surface area contributed by atoms with Crippen LogP contribution in [0.1, 0.15) is 36.2 Å². The lowest BCUT2D eigenvalue weighted by molar-refractivity contribution is 0.0176. The molecule has 0 saturated carbocycles. The third-order valence-electron chi connectivity index (χ3n) is 4.43. The number of nitrogens with zero attached hydrogens (tertiary/aromatic N) is 1. The molecule has 5 heteroatoms. The second kappa shape index (κ2) is 7.46. The van der Waals surface area contributed by atoms with Crippen LogP contribution < -0.4 is 4.74 Å². The van der Waals surface area contributed by atoms with Gasteiger partial charge < -0.3 is 14.7 Å². The van der Waals surface area contributed by atoms with Gasteiger partial charge in [-0.1, -0.05) is 18.2 Å². The summed E-state index contributed by atoms with van der Waals surface area (Å²) in [4.78, 5) is 14.3. The SMILES string of the molecule is CC(C)(O)CCc1cccc(C(=O)N2CC(Oc3cccc(F)c3)C2)c1. The number of aryl methyl sites for hydroxylation is 1. The summed E-state index contributed by atoms with van der Waals surface area (Å²) in [7, 11) is 0. The summed E-state index contributed by atoms with van der Waals surface area (Å²) in [6.45, 7) is 4.54. The minimum absolute atomic E-state index is 0.0331. The van der Waals surface area contributed by atoms with Gasteiger partial charge in [0.15, 0.2) is 0 Å². The van der Waals surface area contributed by atoms with Crippen LogP contribution in [0.2, 0.25) is 0 Å². The number of carbonyl (C=O) groups excluding carboxylic acids is 1. The maximum Gasteiger partial charge on any atom is 0.254 e. The summed E-state index contributed by atoms with van der Waals surface area (Å²) >= 11 is 0. The first-order valence-corrected chi connectivity index (χ1v) is 8.83. The summed E-state index contributed by atoms with van der Waals surface area (Å²) in [6, 6.07) is 13.5. The third-order valence-corrected chi connectivity index (χ3v) is 4.43. The summed E-state index contributed by atoms with van der Waals surface area (Å²) < 4.78 is 18.9. The fraction of sp³-hybridized carbons (Fsp3) is 0.381. The van der Waals surface area contributed by atoms with Crippen molar-refractivity contribution in [2.24, 2.45) is 0 Å². The second-order valence-electron chi connectivity index (χ2n) is 7.42. The molecule has 0 bridgehead atoms. The molecule has 1 aliphatic rings. The quantitative estimate of drug-likeness (QED) is 0.862. The Morgan fingerprint density at radius 1 is 1.23 bits per heavy atom. The van der Waals surface area contributed by atoms with E-state index in [2.05, 4.69) is 0 Å². The van der Waals surface area contributed by atoms with E-state index >= 15 is 0 Å². The largest absolute Gasteiger partial charge is 0.487 e. The molecule has 3 rings (SSSR count). The molecule has 0 atom stereocenters. The Bertz CT molecular complexity index is 779. The first-order valence-electron chi connectivity index (χ1n) is 8.83. The third kappa shape index (κ3) is 4.82. The van der Waals surface area contributed by atoms with E-state index in [4.69, 9.17) is 4.74 Å². The smallest absolute Gasteiger partial charge is 0.254 e. The van der Waals surface area contributed by atoms with Crippen LogP contribution in [0.5, 0.6) is 5.75 Å². The molecular formula is C21H24FNO3. The van der Waals surface area contributed by atoms with Gasteiger partial charge in [0.1, 0.15) is 17.7 Å². The maximum absolute atomic E-state index is 13.2. The Balaban J connectivity index is 1.54. The Morgan fingerprint density at radius 2 is 1.96 bits per heavy atom. The van der Waals surface area contributed by atoms with Crippen LogP contribution in [0.3, 0.4) is 0 Å². The van der Waals surface area contributed by atoms with Crippen molar-refractivity contribution in [1.29, 1.82) is 0 Å². The number of halogens is 1. The van der Waals surface area contributed by atoms with E-state index < -0.39 is 5.60 Å². The average Bonchev–Trinajstić information content (AvgIpc) is 2.55. The van der Waals surface area contributed by atoms with Gasteiger partial charge in [-0.2, -0.15) is 0 Å². The number of carbonyl (C=O) groups is 1. The molecule has 1 heterocycles. The lowest BCUT2D eigenvalue weighted by Gasteiger charge is -2.39. The Labute approximate surface area is 153 Å². The topological polar surface area (TPSA) is 49.8 Å². The van der Waals surface area contributed by atoms with E-state index in [0.717, 1.165) is 12.0 Å². The fourth-order valence-electron chi connectivity index (χ4n) is 2.90. The number of ether oxygens (including phenoxy) is 1. The van der Waals surface area contributed by atoms with Crippen LogP contribution in [-0.2, 0) is 6.42 Å². The molecule has 0 aromatic heterocycles. The molecule has 1 aliphatic heterocycles. The first-order chi connectivity index (χ1) is 12.3. The average molecular weight is 357 g/mol. The molecule has 1 amide bonds. The molecule has 0 aliphatic carbocycles. The van der Waals surface area contributed by atoms with E-state index in [1.165, 1.54) is 12.1 Å². The summed E-state index contributed by atoms with van der Waals surface area (Å²) in [6.07, 6.45) is 1.24. The molecule has 0 unspecified atom stereocenters. The summed E-state index contributed by atoms with van der Waals surface area (Å²) in [5, 5.41) is 9.85. The van der Waals surface area contributed by atoms with Crippen molar-refractivity contribution in [3.05, 3.63) is 65.5 Å². The van der Waals surface area contributed by atoms with Crippen molar-refractivity contribution in [1.82, 2.24) is 4.90 Å². The second-order valence-corrected chi connectivity index (χ2v) is 7.42. The predicted molar refractivity (Wildman–Crippen MR) is 97.8 cm³/mol. The van der Waals surface area contributed by atoms with Gasteiger partial charge in [0.25, 0.3) is 5.91 Å². The number of aliphatic hydroxyl groups is 1. The van der Waals surface area contributed by atoms with Crippen LogP contribution in [-0.4, -0.2) is 40.7 Å².